The molecule has 0 radical (unpaired) electrons. The Morgan fingerprint density at radius 3 is 3.00 bits per heavy atom. The summed E-state index contributed by atoms with van der Waals surface area (Å²) >= 11 is 0. The van der Waals surface area contributed by atoms with Crippen molar-refractivity contribution >= 4 is 5.91 Å². The van der Waals surface area contributed by atoms with Crippen LogP contribution in [0.1, 0.15) is 34.6 Å². The van der Waals surface area contributed by atoms with E-state index < -0.39 is 0 Å². The highest BCUT2D eigenvalue weighted by atomic mass is 16.5. The van der Waals surface area contributed by atoms with Gasteiger partial charge in [-0.3, -0.25) is 9.78 Å². The molecule has 2 aromatic rings. The number of aromatic nitrogens is 3. The molecule has 2 aliphatic rings. The number of aryl methyl sites for hydroxylation is 1. The SMILES string of the molecule is Cc1cccc(CO[C@H]2CCOC3(C2)CN(C(=O)c2ccnnc2)C3)n1. The molecule has 2 aliphatic heterocycles. The van der Waals surface area contributed by atoms with Gasteiger partial charge in [-0.1, -0.05) is 6.07 Å². The molecule has 0 aliphatic carbocycles. The predicted octanol–water partition coefficient (Wildman–Crippen LogP) is 1.77. The second-order valence-electron chi connectivity index (χ2n) is 7.02. The number of likely N-dealkylation sites (tertiary alicyclic amines) is 1. The molecule has 2 fully saturated rings. The molecule has 4 heterocycles. The van der Waals surface area contributed by atoms with E-state index >= 15 is 0 Å². The van der Waals surface area contributed by atoms with Gasteiger partial charge in [0, 0.05) is 18.7 Å². The van der Waals surface area contributed by atoms with Crippen LogP contribution in [-0.2, 0) is 16.1 Å². The first-order valence-electron chi connectivity index (χ1n) is 8.88. The summed E-state index contributed by atoms with van der Waals surface area (Å²) in [5, 5.41) is 7.48. The van der Waals surface area contributed by atoms with Crippen molar-refractivity contribution in [2.75, 3.05) is 19.7 Å². The van der Waals surface area contributed by atoms with Gasteiger partial charge in [-0.15, -0.1) is 0 Å². The normalized spacial score (nSPS) is 21.4. The largest absolute Gasteiger partial charge is 0.372 e. The van der Waals surface area contributed by atoms with Gasteiger partial charge in [-0.25, -0.2) is 0 Å². The van der Waals surface area contributed by atoms with Gasteiger partial charge in [0.25, 0.3) is 5.91 Å². The molecule has 0 N–H and O–H groups in total. The minimum Gasteiger partial charge on any atom is -0.372 e. The summed E-state index contributed by atoms with van der Waals surface area (Å²) in [6.07, 6.45) is 4.83. The molecular weight excluding hydrogens is 332 g/mol. The number of rotatable bonds is 4. The summed E-state index contributed by atoms with van der Waals surface area (Å²) in [5.41, 5.74) is 2.22. The Morgan fingerprint density at radius 2 is 2.23 bits per heavy atom. The van der Waals surface area contributed by atoms with Gasteiger partial charge in [0.05, 0.1) is 49.5 Å². The van der Waals surface area contributed by atoms with E-state index in [0.29, 0.717) is 31.9 Å². The zero-order valence-electron chi connectivity index (χ0n) is 14.8. The fourth-order valence-corrected chi connectivity index (χ4v) is 3.62. The number of hydrogen-bond donors (Lipinski definition) is 0. The number of nitrogens with zero attached hydrogens (tertiary/aromatic N) is 4. The maximum atomic E-state index is 12.4. The van der Waals surface area contributed by atoms with Crippen LogP contribution < -0.4 is 0 Å². The van der Waals surface area contributed by atoms with Crippen LogP contribution >= 0.6 is 0 Å². The third-order valence-electron chi connectivity index (χ3n) is 4.94. The van der Waals surface area contributed by atoms with Crippen LogP contribution in [0.2, 0.25) is 0 Å². The molecule has 2 saturated heterocycles. The van der Waals surface area contributed by atoms with Crippen molar-refractivity contribution in [3.63, 3.8) is 0 Å². The third kappa shape index (κ3) is 3.59. The molecule has 1 atom stereocenters. The van der Waals surface area contributed by atoms with E-state index in [1.165, 1.54) is 12.4 Å². The summed E-state index contributed by atoms with van der Waals surface area (Å²) in [5.74, 6) is -0.0267. The second kappa shape index (κ2) is 7.09. The molecular formula is C19H22N4O3. The summed E-state index contributed by atoms with van der Waals surface area (Å²) in [4.78, 5) is 18.7. The minimum atomic E-state index is -0.279. The van der Waals surface area contributed by atoms with Crippen molar-refractivity contribution in [3.8, 4) is 0 Å². The van der Waals surface area contributed by atoms with Crippen LogP contribution in [0.4, 0.5) is 0 Å². The summed E-state index contributed by atoms with van der Waals surface area (Å²) in [7, 11) is 0. The van der Waals surface area contributed by atoms with Crippen molar-refractivity contribution in [1.82, 2.24) is 20.1 Å². The van der Waals surface area contributed by atoms with Crippen molar-refractivity contribution in [2.45, 2.75) is 38.1 Å². The number of carbonyl (C=O) groups excluding carboxylic acids is 1. The minimum absolute atomic E-state index is 0.0267. The Kier molecular flexibility index (Phi) is 4.65. The smallest absolute Gasteiger partial charge is 0.255 e. The maximum Gasteiger partial charge on any atom is 0.255 e. The molecule has 2 aromatic heterocycles. The molecule has 7 heteroatoms. The molecule has 26 heavy (non-hydrogen) atoms. The average molecular weight is 354 g/mol. The van der Waals surface area contributed by atoms with E-state index in [4.69, 9.17) is 9.47 Å². The van der Waals surface area contributed by atoms with Crippen molar-refractivity contribution in [3.05, 3.63) is 53.6 Å². The molecule has 0 aromatic carbocycles. The predicted molar refractivity (Wildman–Crippen MR) is 93.4 cm³/mol. The van der Waals surface area contributed by atoms with E-state index in [-0.39, 0.29) is 17.6 Å². The zero-order valence-corrected chi connectivity index (χ0v) is 14.8. The summed E-state index contributed by atoms with van der Waals surface area (Å²) in [6.45, 7) is 4.33. The van der Waals surface area contributed by atoms with Crippen LogP contribution in [0.25, 0.3) is 0 Å². The van der Waals surface area contributed by atoms with Crippen LogP contribution in [0, 0.1) is 6.92 Å². The summed E-state index contributed by atoms with van der Waals surface area (Å²) < 4.78 is 12.1. The topological polar surface area (TPSA) is 77.4 Å². The molecule has 4 rings (SSSR count). The van der Waals surface area contributed by atoms with E-state index in [1.807, 2.05) is 25.1 Å². The monoisotopic (exact) mass is 354 g/mol. The highest BCUT2D eigenvalue weighted by molar-refractivity contribution is 5.94. The van der Waals surface area contributed by atoms with Gasteiger partial charge in [0.2, 0.25) is 0 Å². The highest BCUT2D eigenvalue weighted by Crippen LogP contribution is 2.36. The maximum absolute atomic E-state index is 12.4. The first-order chi connectivity index (χ1) is 12.6. The number of ether oxygens (including phenoxy) is 2. The lowest BCUT2D eigenvalue weighted by atomic mass is 9.84. The molecule has 1 spiro atoms. The molecule has 0 saturated carbocycles. The van der Waals surface area contributed by atoms with Crippen LogP contribution in [0.5, 0.6) is 0 Å². The van der Waals surface area contributed by atoms with Gasteiger partial charge in [-0.05, 0) is 31.5 Å². The van der Waals surface area contributed by atoms with Gasteiger partial charge >= 0.3 is 0 Å². The lowest BCUT2D eigenvalue weighted by Gasteiger charge is -2.52. The van der Waals surface area contributed by atoms with E-state index in [2.05, 4.69) is 15.2 Å². The fourth-order valence-electron chi connectivity index (χ4n) is 3.62. The van der Waals surface area contributed by atoms with Crippen LogP contribution in [0.15, 0.2) is 36.7 Å². The molecule has 7 nitrogen and oxygen atoms in total. The van der Waals surface area contributed by atoms with Gasteiger partial charge in [-0.2, -0.15) is 10.2 Å². The number of pyridine rings is 1. The number of carbonyl (C=O) groups is 1. The Balaban J connectivity index is 1.31. The molecule has 0 unspecified atom stereocenters. The van der Waals surface area contributed by atoms with E-state index in [9.17, 15) is 4.79 Å². The van der Waals surface area contributed by atoms with E-state index in [1.54, 1.807) is 11.0 Å². The van der Waals surface area contributed by atoms with E-state index in [0.717, 1.165) is 24.2 Å². The highest BCUT2D eigenvalue weighted by Gasteiger charge is 2.49. The molecule has 0 bridgehead atoms. The van der Waals surface area contributed by atoms with Crippen molar-refractivity contribution in [1.29, 1.82) is 0 Å². The van der Waals surface area contributed by atoms with Crippen LogP contribution in [0.3, 0.4) is 0 Å². The van der Waals surface area contributed by atoms with Gasteiger partial charge in [0.15, 0.2) is 0 Å². The van der Waals surface area contributed by atoms with Gasteiger partial charge in [0.1, 0.15) is 5.60 Å². The Hall–Kier alpha value is -2.38. The Labute approximate surface area is 152 Å². The van der Waals surface area contributed by atoms with Crippen molar-refractivity contribution < 1.29 is 14.3 Å². The van der Waals surface area contributed by atoms with Crippen LogP contribution in [-0.4, -0.2) is 57.4 Å². The van der Waals surface area contributed by atoms with Gasteiger partial charge < -0.3 is 14.4 Å². The number of amides is 1. The fraction of sp³-hybridized carbons (Fsp3) is 0.474. The average Bonchev–Trinajstić information content (AvgIpc) is 2.65. The number of hydrogen-bond acceptors (Lipinski definition) is 6. The molecule has 136 valence electrons. The Morgan fingerprint density at radius 1 is 1.35 bits per heavy atom. The second-order valence-corrected chi connectivity index (χ2v) is 7.02. The molecule has 1 amide bonds. The lowest BCUT2D eigenvalue weighted by Crippen LogP contribution is -2.67. The zero-order chi connectivity index (χ0) is 18.0. The standard InChI is InChI=1S/C19H22N4O3/c1-14-3-2-4-16(22-14)11-25-17-6-8-26-19(9-17)12-23(13-19)18(24)15-5-7-20-21-10-15/h2-5,7,10,17H,6,8-9,11-13H2,1H3/t17-/m0/s1. The van der Waals surface area contributed by atoms with Crippen molar-refractivity contribution in [2.24, 2.45) is 0 Å². The lowest BCUT2D eigenvalue weighted by molar-refractivity contribution is -0.188. The first-order valence-corrected chi connectivity index (χ1v) is 8.88. The first kappa shape index (κ1) is 17.1. The quantitative estimate of drug-likeness (QED) is 0.833. The summed E-state index contributed by atoms with van der Waals surface area (Å²) in [6, 6.07) is 7.64. The Bertz CT molecular complexity index is 777. The third-order valence-corrected chi connectivity index (χ3v) is 4.94.